The molecule has 3 N–H and O–H groups in total. The lowest BCUT2D eigenvalue weighted by Gasteiger charge is -2.11. The molecule has 7 nitrogen and oxygen atoms in total. The minimum absolute atomic E-state index is 0.0824. The van der Waals surface area contributed by atoms with Crippen molar-refractivity contribution in [2.75, 3.05) is 31.9 Å². The zero-order valence-corrected chi connectivity index (χ0v) is 14.0. The number of hydrogen-bond donors (Lipinski definition) is 3. The lowest BCUT2D eigenvalue weighted by Crippen LogP contribution is -2.39. The Morgan fingerprint density at radius 1 is 1.23 bits per heavy atom. The maximum Gasteiger partial charge on any atom is 0.211 e. The Hall–Kier alpha value is -1.67. The number of nitrogens with one attached hydrogen (secondary N) is 3. The monoisotopic (exact) mass is 327 g/mol. The predicted octanol–water partition coefficient (Wildman–Crippen LogP) is 0.119. The zero-order chi connectivity index (χ0) is 16.3. The number of aromatic nitrogens is 1. The van der Waals surface area contributed by atoms with Gasteiger partial charge in [-0.3, -0.25) is 9.98 Å². The molecule has 1 heterocycles. The minimum Gasteiger partial charge on any atom is -0.357 e. The summed E-state index contributed by atoms with van der Waals surface area (Å²) in [6.07, 6.45) is 2.57. The highest BCUT2D eigenvalue weighted by Crippen LogP contribution is 1.93. The van der Waals surface area contributed by atoms with E-state index in [4.69, 9.17) is 0 Å². The maximum atomic E-state index is 11.3. The molecule has 0 saturated carbocycles. The van der Waals surface area contributed by atoms with Crippen LogP contribution in [0.2, 0.25) is 0 Å². The molecule has 0 aliphatic carbocycles. The first-order valence-corrected chi connectivity index (χ1v) is 9.12. The van der Waals surface area contributed by atoms with Gasteiger partial charge in [0.05, 0.1) is 12.3 Å². The van der Waals surface area contributed by atoms with Crippen molar-refractivity contribution in [3.05, 3.63) is 30.1 Å². The standard InChI is InChI=1S/C14H25N5O2S/c1-3-15-14(18-11-12-19-22(20,21)4-2)17-10-8-13-7-5-6-9-16-13/h5-7,9,19H,3-4,8,10-12H2,1-2H3,(H2,15,17,18). The fourth-order valence-corrected chi connectivity index (χ4v) is 2.27. The molecule has 1 aromatic heterocycles. The second-order valence-electron chi connectivity index (χ2n) is 4.56. The van der Waals surface area contributed by atoms with E-state index in [1.54, 1.807) is 13.1 Å². The molecule has 0 radical (unpaired) electrons. The van der Waals surface area contributed by atoms with Crippen LogP contribution in [0.15, 0.2) is 29.4 Å². The molecular weight excluding hydrogens is 302 g/mol. The third kappa shape index (κ3) is 7.94. The average Bonchev–Trinajstić information content (AvgIpc) is 2.52. The predicted molar refractivity (Wildman–Crippen MR) is 89.4 cm³/mol. The summed E-state index contributed by atoms with van der Waals surface area (Å²) >= 11 is 0. The van der Waals surface area contributed by atoms with E-state index in [9.17, 15) is 8.42 Å². The van der Waals surface area contributed by atoms with Crippen LogP contribution in [-0.2, 0) is 16.4 Å². The molecule has 0 bridgehead atoms. The van der Waals surface area contributed by atoms with E-state index in [2.05, 4.69) is 25.3 Å². The molecule has 8 heteroatoms. The van der Waals surface area contributed by atoms with Gasteiger partial charge in [0.1, 0.15) is 0 Å². The van der Waals surface area contributed by atoms with Crippen molar-refractivity contribution in [3.8, 4) is 0 Å². The van der Waals surface area contributed by atoms with E-state index in [0.29, 0.717) is 25.6 Å². The molecule has 0 unspecified atom stereocenters. The molecular formula is C14H25N5O2S. The van der Waals surface area contributed by atoms with Gasteiger partial charge in [-0.1, -0.05) is 6.07 Å². The van der Waals surface area contributed by atoms with E-state index in [-0.39, 0.29) is 5.75 Å². The second kappa shape index (κ2) is 10.1. The lowest BCUT2D eigenvalue weighted by molar-refractivity contribution is 0.583. The molecule has 22 heavy (non-hydrogen) atoms. The number of nitrogens with zero attached hydrogens (tertiary/aromatic N) is 2. The normalized spacial score (nSPS) is 12.2. The van der Waals surface area contributed by atoms with E-state index in [1.807, 2.05) is 25.1 Å². The molecule has 1 rings (SSSR count). The highest BCUT2D eigenvalue weighted by atomic mass is 32.2. The topological polar surface area (TPSA) is 95.5 Å². The highest BCUT2D eigenvalue weighted by molar-refractivity contribution is 7.89. The van der Waals surface area contributed by atoms with Crippen molar-refractivity contribution in [1.82, 2.24) is 20.3 Å². The summed E-state index contributed by atoms with van der Waals surface area (Å²) in [5.74, 6) is 0.758. The number of sulfonamides is 1. The smallest absolute Gasteiger partial charge is 0.211 e. The van der Waals surface area contributed by atoms with Crippen LogP contribution in [0.1, 0.15) is 19.5 Å². The Bertz CT molecular complexity index is 546. The fourth-order valence-electron chi connectivity index (χ4n) is 1.67. The molecule has 1 aromatic rings. The van der Waals surface area contributed by atoms with Crippen LogP contribution in [-0.4, -0.2) is 51.3 Å². The van der Waals surface area contributed by atoms with Gasteiger partial charge in [-0.05, 0) is 26.0 Å². The fraction of sp³-hybridized carbons (Fsp3) is 0.571. The summed E-state index contributed by atoms with van der Waals surface area (Å²) in [5.41, 5.74) is 1.02. The Labute approximate surface area is 132 Å². The first-order chi connectivity index (χ1) is 10.6. The Balaban J connectivity index is 2.35. The van der Waals surface area contributed by atoms with Gasteiger partial charge in [0, 0.05) is 37.9 Å². The van der Waals surface area contributed by atoms with Gasteiger partial charge in [-0.25, -0.2) is 13.1 Å². The van der Waals surface area contributed by atoms with Gasteiger partial charge in [0.25, 0.3) is 0 Å². The van der Waals surface area contributed by atoms with Crippen molar-refractivity contribution < 1.29 is 8.42 Å². The van der Waals surface area contributed by atoms with Crippen molar-refractivity contribution in [1.29, 1.82) is 0 Å². The SMILES string of the molecule is CCNC(=NCCNS(=O)(=O)CC)NCCc1ccccn1. The van der Waals surface area contributed by atoms with Gasteiger partial charge < -0.3 is 10.6 Å². The molecule has 0 spiro atoms. The van der Waals surface area contributed by atoms with E-state index in [1.165, 1.54) is 0 Å². The number of pyridine rings is 1. The van der Waals surface area contributed by atoms with Crippen LogP contribution in [0.3, 0.4) is 0 Å². The first-order valence-electron chi connectivity index (χ1n) is 7.46. The van der Waals surface area contributed by atoms with E-state index in [0.717, 1.165) is 18.7 Å². The largest absolute Gasteiger partial charge is 0.357 e. The molecule has 124 valence electrons. The summed E-state index contributed by atoms with van der Waals surface area (Å²) < 4.78 is 25.1. The molecule has 0 fully saturated rings. The summed E-state index contributed by atoms with van der Waals surface area (Å²) in [5, 5.41) is 6.32. The van der Waals surface area contributed by atoms with Gasteiger partial charge in [0.15, 0.2) is 5.96 Å². The Kier molecular flexibility index (Phi) is 8.46. The van der Waals surface area contributed by atoms with Crippen molar-refractivity contribution in [3.63, 3.8) is 0 Å². The van der Waals surface area contributed by atoms with E-state index >= 15 is 0 Å². The van der Waals surface area contributed by atoms with Crippen molar-refractivity contribution in [2.24, 2.45) is 4.99 Å². The highest BCUT2D eigenvalue weighted by Gasteiger charge is 2.04. The second-order valence-corrected chi connectivity index (χ2v) is 6.65. The molecule has 0 aliphatic heterocycles. The molecule has 0 aliphatic rings. The summed E-state index contributed by atoms with van der Waals surface area (Å²) in [6.45, 7) is 5.73. The maximum absolute atomic E-state index is 11.3. The summed E-state index contributed by atoms with van der Waals surface area (Å²) in [4.78, 5) is 8.59. The lowest BCUT2D eigenvalue weighted by atomic mass is 10.3. The van der Waals surface area contributed by atoms with Crippen LogP contribution in [0.25, 0.3) is 0 Å². The molecule has 0 saturated heterocycles. The summed E-state index contributed by atoms with van der Waals surface area (Å²) in [6, 6.07) is 5.83. The minimum atomic E-state index is -3.15. The Morgan fingerprint density at radius 3 is 2.68 bits per heavy atom. The van der Waals surface area contributed by atoms with Gasteiger partial charge in [-0.15, -0.1) is 0 Å². The van der Waals surface area contributed by atoms with Crippen LogP contribution >= 0.6 is 0 Å². The summed E-state index contributed by atoms with van der Waals surface area (Å²) in [7, 11) is -3.15. The third-order valence-corrected chi connectivity index (χ3v) is 4.23. The molecule has 0 atom stereocenters. The third-order valence-electron chi connectivity index (χ3n) is 2.83. The number of hydrogen-bond acceptors (Lipinski definition) is 4. The average molecular weight is 327 g/mol. The number of aliphatic imine (C=N–C) groups is 1. The van der Waals surface area contributed by atoms with Crippen LogP contribution < -0.4 is 15.4 Å². The van der Waals surface area contributed by atoms with Gasteiger partial charge in [-0.2, -0.15) is 0 Å². The Morgan fingerprint density at radius 2 is 2.05 bits per heavy atom. The van der Waals surface area contributed by atoms with Crippen molar-refractivity contribution >= 4 is 16.0 Å². The molecule has 0 amide bonds. The van der Waals surface area contributed by atoms with Crippen LogP contribution in [0.4, 0.5) is 0 Å². The number of rotatable bonds is 9. The van der Waals surface area contributed by atoms with Crippen LogP contribution in [0, 0.1) is 0 Å². The van der Waals surface area contributed by atoms with Gasteiger partial charge in [0.2, 0.25) is 10.0 Å². The quantitative estimate of drug-likeness (QED) is 0.340. The van der Waals surface area contributed by atoms with Crippen LogP contribution in [0.5, 0.6) is 0 Å². The molecule has 0 aromatic carbocycles. The van der Waals surface area contributed by atoms with E-state index < -0.39 is 10.0 Å². The number of guanidine groups is 1. The first kappa shape index (κ1) is 18.4. The zero-order valence-electron chi connectivity index (χ0n) is 13.2. The van der Waals surface area contributed by atoms with Gasteiger partial charge >= 0.3 is 0 Å². The van der Waals surface area contributed by atoms with Crippen molar-refractivity contribution in [2.45, 2.75) is 20.3 Å².